The number of halogens is 2. The van der Waals surface area contributed by atoms with Gasteiger partial charge in [-0.05, 0) is 24.1 Å². The minimum absolute atomic E-state index is 0.177. The van der Waals surface area contributed by atoms with Crippen LogP contribution in [-0.4, -0.2) is 11.9 Å². The molecule has 0 spiro atoms. The van der Waals surface area contributed by atoms with E-state index in [2.05, 4.69) is 5.32 Å². The highest BCUT2D eigenvalue weighted by Crippen LogP contribution is 2.22. The summed E-state index contributed by atoms with van der Waals surface area (Å²) >= 11 is 5.79. The van der Waals surface area contributed by atoms with E-state index in [1.165, 1.54) is 12.1 Å². The molecular weight excluding hydrogens is 243 g/mol. The Bertz CT molecular complexity index is 409. The van der Waals surface area contributed by atoms with E-state index in [4.69, 9.17) is 17.3 Å². The van der Waals surface area contributed by atoms with Crippen molar-refractivity contribution < 1.29 is 9.18 Å². The Morgan fingerprint density at radius 2 is 2.18 bits per heavy atom. The van der Waals surface area contributed by atoms with E-state index in [0.717, 1.165) is 6.07 Å². The molecule has 0 aliphatic carbocycles. The molecule has 0 aromatic heterocycles. The first-order chi connectivity index (χ1) is 7.90. The third-order valence-electron chi connectivity index (χ3n) is 2.48. The second-order valence-corrected chi connectivity index (χ2v) is 4.69. The molecule has 94 valence electrons. The highest BCUT2D eigenvalue weighted by Gasteiger charge is 2.14. The lowest BCUT2D eigenvalue weighted by atomic mass is 10.0. The lowest BCUT2D eigenvalue weighted by Gasteiger charge is -2.15. The van der Waals surface area contributed by atoms with Crippen LogP contribution in [-0.2, 0) is 4.79 Å². The molecule has 1 rings (SSSR count). The number of benzene rings is 1. The van der Waals surface area contributed by atoms with Gasteiger partial charge in [-0.2, -0.15) is 0 Å². The summed E-state index contributed by atoms with van der Waals surface area (Å²) in [6.45, 7) is 3.89. The summed E-state index contributed by atoms with van der Waals surface area (Å²) < 4.78 is 12.8. The molecule has 1 aromatic carbocycles. The molecule has 0 radical (unpaired) electrons. The van der Waals surface area contributed by atoms with Gasteiger partial charge < -0.3 is 11.1 Å². The van der Waals surface area contributed by atoms with E-state index in [1.807, 2.05) is 13.8 Å². The largest absolute Gasteiger partial charge is 0.327 e. The quantitative estimate of drug-likeness (QED) is 0.873. The van der Waals surface area contributed by atoms with Gasteiger partial charge in [0.05, 0.1) is 10.7 Å². The molecule has 0 saturated carbocycles. The van der Waals surface area contributed by atoms with Gasteiger partial charge in [0.25, 0.3) is 0 Å². The van der Waals surface area contributed by atoms with Crippen LogP contribution in [0.25, 0.3) is 0 Å². The maximum atomic E-state index is 12.8. The molecule has 0 fully saturated rings. The Hall–Kier alpha value is -1.13. The van der Waals surface area contributed by atoms with Crippen molar-refractivity contribution >= 4 is 23.2 Å². The van der Waals surface area contributed by atoms with Gasteiger partial charge in [-0.15, -0.1) is 0 Å². The number of rotatable bonds is 4. The van der Waals surface area contributed by atoms with Gasteiger partial charge in [0.2, 0.25) is 5.91 Å². The molecule has 3 nitrogen and oxygen atoms in total. The van der Waals surface area contributed by atoms with Crippen LogP contribution in [0.4, 0.5) is 10.1 Å². The number of anilines is 1. The van der Waals surface area contributed by atoms with Gasteiger partial charge in [0.15, 0.2) is 0 Å². The number of carbonyl (C=O) groups excluding carboxylic acids is 1. The average molecular weight is 259 g/mol. The summed E-state index contributed by atoms with van der Waals surface area (Å²) in [5.74, 6) is -0.434. The number of carbonyl (C=O) groups is 1. The second kappa shape index (κ2) is 5.98. The van der Waals surface area contributed by atoms with Crippen LogP contribution in [0.15, 0.2) is 18.2 Å². The van der Waals surface area contributed by atoms with E-state index in [1.54, 1.807) is 0 Å². The summed E-state index contributed by atoms with van der Waals surface area (Å²) in [4.78, 5) is 11.6. The lowest BCUT2D eigenvalue weighted by molar-refractivity contribution is -0.116. The van der Waals surface area contributed by atoms with Crippen LogP contribution in [0.2, 0.25) is 5.02 Å². The van der Waals surface area contributed by atoms with Crippen LogP contribution in [0.3, 0.4) is 0 Å². The molecular formula is C12H16ClFN2O. The standard InChI is InChI=1S/C12H16ClFN2O/c1-7(2)10(15)6-12(17)16-11-4-3-8(14)5-9(11)13/h3-5,7,10H,6,15H2,1-2H3,(H,16,17). The van der Waals surface area contributed by atoms with Gasteiger partial charge in [0, 0.05) is 12.5 Å². The topological polar surface area (TPSA) is 55.1 Å². The van der Waals surface area contributed by atoms with Crippen LogP contribution in [0.5, 0.6) is 0 Å². The Balaban J connectivity index is 2.62. The molecule has 5 heteroatoms. The van der Waals surface area contributed by atoms with Crippen molar-refractivity contribution in [1.29, 1.82) is 0 Å². The molecule has 1 aromatic rings. The molecule has 1 amide bonds. The van der Waals surface area contributed by atoms with Gasteiger partial charge in [0.1, 0.15) is 5.82 Å². The van der Waals surface area contributed by atoms with Gasteiger partial charge in [-0.25, -0.2) is 4.39 Å². The zero-order valence-corrected chi connectivity index (χ0v) is 10.6. The van der Waals surface area contributed by atoms with Crippen molar-refractivity contribution in [3.8, 4) is 0 Å². The zero-order valence-electron chi connectivity index (χ0n) is 9.84. The van der Waals surface area contributed by atoms with Crippen molar-refractivity contribution in [2.75, 3.05) is 5.32 Å². The first kappa shape index (κ1) is 13.9. The summed E-state index contributed by atoms with van der Waals surface area (Å²) in [6, 6.07) is 3.62. The Morgan fingerprint density at radius 1 is 1.53 bits per heavy atom. The predicted octanol–water partition coefficient (Wildman–Crippen LogP) is 2.79. The fourth-order valence-corrected chi connectivity index (χ4v) is 1.46. The summed E-state index contributed by atoms with van der Waals surface area (Å²) in [7, 11) is 0. The van der Waals surface area contributed by atoms with Crippen molar-refractivity contribution in [1.82, 2.24) is 0 Å². The van der Waals surface area contributed by atoms with Gasteiger partial charge >= 0.3 is 0 Å². The first-order valence-corrected chi connectivity index (χ1v) is 5.78. The van der Waals surface area contributed by atoms with E-state index >= 15 is 0 Å². The fourth-order valence-electron chi connectivity index (χ4n) is 1.24. The van der Waals surface area contributed by atoms with Crippen LogP contribution in [0, 0.1) is 11.7 Å². The Morgan fingerprint density at radius 3 is 2.71 bits per heavy atom. The number of amides is 1. The highest BCUT2D eigenvalue weighted by atomic mass is 35.5. The minimum atomic E-state index is -0.438. The van der Waals surface area contributed by atoms with Crippen LogP contribution < -0.4 is 11.1 Å². The smallest absolute Gasteiger partial charge is 0.225 e. The van der Waals surface area contributed by atoms with Gasteiger partial charge in [-0.1, -0.05) is 25.4 Å². The molecule has 1 atom stereocenters. The summed E-state index contributed by atoms with van der Waals surface area (Å²) in [5, 5.41) is 2.78. The number of hydrogen-bond donors (Lipinski definition) is 2. The normalized spacial score (nSPS) is 12.6. The van der Waals surface area contributed by atoms with Crippen molar-refractivity contribution in [3.63, 3.8) is 0 Å². The molecule has 17 heavy (non-hydrogen) atoms. The minimum Gasteiger partial charge on any atom is -0.327 e. The van der Waals surface area contributed by atoms with Gasteiger partial charge in [-0.3, -0.25) is 4.79 Å². The molecule has 0 aliphatic heterocycles. The molecule has 0 heterocycles. The third-order valence-corrected chi connectivity index (χ3v) is 2.80. The predicted molar refractivity (Wildman–Crippen MR) is 67.5 cm³/mol. The Labute approximate surface area is 105 Å². The molecule has 1 unspecified atom stereocenters. The highest BCUT2D eigenvalue weighted by molar-refractivity contribution is 6.33. The number of nitrogens with one attached hydrogen (secondary N) is 1. The third kappa shape index (κ3) is 4.32. The van der Waals surface area contributed by atoms with E-state index < -0.39 is 5.82 Å². The van der Waals surface area contributed by atoms with Crippen molar-refractivity contribution in [2.45, 2.75) is 26.3 Å². The van der Waals surface area contributed by atoms with E-state index in [-0.39, 0.29) is 29.3 Å². The summed E-state index contributed by atoms with van der Waals surface area (Å²) in [6.07, 6.45) is 0.214. The van der Waals surface area contributed by atoms with Crippen LogP contribution >= 0.6 is 11.6 Å². The molecule has 3 N–H and O–H groups in total. The summed E-state index contributed by atoms with van der Waals surface area (Å²) in [5.41, 5.74) is 6.18. The Kier molecular flexibility index (Phi) is 4.90. The van der Waals surface area contributed by atoms with E-state index in [0.29, 0.717) is 5.69 Å². The maximum Gasteiger partial charge on any atom is 0.225 e. The zero-order chi connectivity index (χ0) is 13.0. The monoisotopic (exact) mass is 258 g/mol. The van der Waals surface area contributed by atoms with E-state index in [9.17, 15) is 9.18 Å². The van der Waals surface area contributed by atoms with Crippen molar-refractivity contribution in [2.24, 2.45) is 11.7 Å². The molecule has 0 bridgehead atoms. The second-order valence-electron chi connectivity index (χ2n) is 4.28. The number of hydrogen-bond acceptors (Lipinski definition) is 2. The lowest BCUT2D eigenvalue weighted by Crippen LogP contribution is -2.31. The first-order valence-electron chi connectivity index (χ1n) is 5.40. The molecule has 0 aliphatic rings. The average Bonchev–Trinajstić information content (AvgIpc) is 2.22. The fraction of sp³-hybridized carbons (Fsp3) is 0.417. The molecule has 0 saturated heterocycles. The van der Waals surface area contributed by atoms with Crippen LogP contribution in [0.1, 0.15) is 20.3 Å². The SMILES string of the molecule is CC(C)C(N)CC(=O)Nc1ccc(F)cc1Cl. The maximum absolute atomic E-state index is 12.8. The number of nitrogens with two attached hydrogens (primary N) is 1. The van der Waals surface area contributed by atoms with Crippen molar-refractivity contribution in [3.05, 3.63) is 29.0 Å².